The lowest BCUT2D eigenvalue weighted by Gasteiger charge is -2.37. The number of ether oxygens (including phenoxy) is 1. The quantitative estimate of drug-likeness (QED) is 0.723. The van der Waals surface area contributed by atoms with Crippen molar-refractivity contribution in [3.05, 3.63) is 71.8 Å². The zero-order valence-corrected chi connectivity index (χ0v) is 18.1. The molecular weight excluding hydrogens is 360 g/mol. The molecule has 0 atom stereocenters. The van der Waals surface area contributed by atoms with E-state index in [2.05, 4.69) is 66.0 Å². The number of nitrogens with one attached hydrogen (secondary N) is 1. The molecular formula is C25H34N2O2. The highest BCUT2D eigenvalue weighted by molar-refractivity contribution is 5.68. The van der Waals surface area contributed by atoms with Crippen molar-refractivity contribution in [3.63, 3.8) is 0 Å². The van der Waals surface area contributed by atoms with Crippen molar-refractivity contribution in [1.29, 1.82) is 0 Å². The maximum absolute atomic E-state index is 12.4. The molecule has 0 saturated heterocycles. The number of carbonyl (C=O) groups excluding carboxylic acids is 1. The van der Waals surface area contributed by atoms with E-state index >= 15 is 0 Å². The first-order valence-corrected chi connectivity index (χ1v) is 10.7. The van der Waals surface area contributed by atoms with E-state index in [1.807, 2.05) is 27.8 Å². The fourth-order valence-electron chi connectivity index (χ4n) is 4.02. The lowest BCUT2D eigenvalue weighted by molar-refractivity contribution is 0.0178. The minimum Gasteiger partial charge on any atom is -0.444 e. The van der Waals surface area contributed by atoms with Crippen molar-refractivity contribution >= 4 is 6.09 Å². The van der Waals surface area contributed by atoms with E-state index in [0.717, 1.165) is 25.7 Å². The number of hydrogen-bond acceptors (Lipinski definition) is 3. The molecule has 0 aliphatic heterocycles. The van der Waals surface area contributed by atoms with Crippen molar-refractivity contribution in [2.45, 2.75) is 70.2 Å². The van der Waals surface area contributed by atoms with Crippen molar-refractivity contribution in [2.24, 2.45) is 0 Å². The third-order valence-electron chi connectivity index (χ3n) is 5.59. The van der Waals surface area contributed by atoms with Gasteiger partial charge in [-0.25, -0.2) is 4.79 Å². The van der Waals surface area contributed by atoms with Gasteiger partial charge in [0, 0.05) is 19.1 Å². The van der Waals surface area contributed by atoms with Crippen LogP contribution in [0.25, 0.3) is 0 Å². The van der Waals surface area contributed by atoms with Gasteiger partial charge in [-0.05, 0) is 57.6 Å². The van der Waals surface area contributed by atoms with E-state index in [0.29, 0.717) is 6.04 Å². The molecule has 1 fully saturated rings. The first-order valence-electron chi connectivity index (χ1n) is 10.7. The van der Waals surface area contributed by atoms with Crippen molar-refractivity contribution < 1.29 is 9.53 Å². The summed E-state index contributed by atoms with van der Waals surface area (Å²) in [5, 5.41) is 3.88. The lowest BCUT2D eigenvalue weighted by Crippen LogP contribution is -2.45. The van der Waals surface area contributed by atoms with Crippen LogP contribution >= 0.6 is 0 Å². The Balaban J connectivity index is 1.61. The molecule has 2 aromatic carbocycles. The third-order valence-corrected chi connectivity index (χ3v) is 5.59. The van der Waals surface area contributed by atoms with Gasteiger partial charge in [-0.1, -0.05) is 60.7 Å². The summed E-state index contributed by atoms with van der Waals surface area (Å²) in [6.07, 6.45) is 3.86. The van der Waals surface area contributed by atoms with Crippen LogP contribution in [0.3, 0.4) is 0 Å². The average molecular weight is 395 g/mol. The Morgan fingerprint density at radius 1 is 0.931 bits per heavy atom. The average Bonchev–Trinajstić information content (AvgIpc) is 2.72. The van der Waals surface area contributed by atoms with Crippen LogP contribution < -0.4 is 5.32 Å². The van der Waals surface area contributed by atoms with Crippen LogP contribution in [-0.2, 0) is 4.74 Å². The Morgan fingerprint density at radius 3 is 1.86 bits per heavy atom. The molecule has 1 amide bonds. The number of benzene rings is 2. The van der Waals surface area contributed by atoms with Gasteiger partial charge in [0.15, 0.2) is 0 Å². The summed E-state index contributed by atoms with van der Waals surface area (Å²) in [4.78, 5) is 14.2. The molecule has 2 aromatic rings. The summed E-state index contributed by atoms with van der Waals surface area (Å²) < 4.78 is 5.53. The van der Waals surface area contributed by atoms with Crippen LogP contribution in [0.4, 0.5) is 4.79 Å². The van der Waals surface area contributed by atoms with Gasteiger partial charge >= 0.3 is 6.09 Å². The highest BCUT2D eigenvalue weighted by Gasteiger charge is 2.30. The van der Waals surface area contributed by atoms with Gasteiger partial charge in [0.25, 0.3) is 0 Å². The SMILES string of the molecule is CN(C(=O)OC(C)(C)C)C1CCC(NC(c2ccccc2)c2ccccc2)CC1. The van der Waals surface area contributed by atoms with E-state index in [1.165, 1.54) is 11.1 Å². The van der Waals surface area contributed by atoms with E-state index < -0.39 is 5.60 Å². The van der Waals surface area contributed by atoms with Gasteiger partial charge in [-0.3, -0.25) is 0 Å². The monoisotopic (exact) mass is 394 g/mol. The minimum atomic E-state index is -0.456. The molecule has 1 N–H and O–H groups in total. The van der Waals surface area contributed by atoms with Gasteiger partial charge in [-0.15, -0.1) is 0 Å². The van der Waals surface area contributed by atoms with Crippen LogP contribution in [-0.4, -0.2) is 35.7 Å². The third kappa shape index (κ3) is 6.07. The Morgan fingerprint density at radius 2 is 1.41 bits per heavy atom. The van der Waals surface area contributed by atoms with Crippen LogP contribution in [0, 0.1) is 0 Å². The highest BCUT2D eigenvalue weighted by atomic mass is 16.6. The fraction of sp³-hybridized carbons (Fsp3) is 0.480. The van der Waals surface area contributed by atoms with Crippen LogP contribution in [0.15, 0.2) is 60.7 Å². The second-order valence-corrected chi connectivity index (χ2v) is 9.02. The molecule has 1 aliphatic carbocycles. The normalized spacial score (nSPS) is 19.8. The molecule has 4 heteroatoms. The van der Waals surface area contributed by atoms with Gasteiger partial charge in [0.2, 0.25) is 0 Å². The Hall–Kier alpha value is -2.33. The van der Waals surface area contributed by atoms with Crippen LogP contribution in [0.5, 0.6) is 0 Å². The first kappa shape index (κ1) is 21.4. The van der Waals surface area contributed by atoms with E-state index in [1.54, 1.807) is 4.90 Å². The number of carbonyl (C=O) groups is 1. The van der Waals surface area contributed by atoms with Gasteiger partial charge < -0.3 is 15.0 Å². The van der Waals surface area contributed by atoms with Gasteiger partial charge in [0.1, 0.15) is 5.60 Å². The summed E-state index contributed by atoms with van der Waals surface area (Å²) in [6.45, 7) is 5.73. The predicted molar refractivity (Wildman–Crippen MR) is 118 cm³/mol. The Kier molecular flexibility index (Phi) is 6.96. The molecule has 0 unspecified atom stereocenters. The molecule has 3 rings (SSSR count). The summed E-state index contributed by atoms with van der Waals surface area (Å²) in [5.74, 6) is 0. The molecule has 0 spiro atoms. The topological polar surface area (TPSA) is 41.6 Å². The Labute approximate surface area is 175 Å². The van der Waals surface area contributed by atoms with Crippen LogP contribution in [0.2, 0.25) is 0 Å². The molecule has 0 bridgehead atoms. The van der Waals surface area contributed by atoms with Gasteiger partial charge in [0.05, 0.1) is 6.04 Å². The summed E-state index contributed by atoms with van der Waals surface area (Å²) in [6, 6.07) is 22.1. The van der Waals surface area contributed by atoms with Crippen LogP contribution in [0.1, 0.15) is 63.6 Å². The number of rotatable bonds is 5. The van der Waals surface area contributed by atoms with Crippen molar-refractivity contribution in [2.75, 3.05) is 7.05 Å². The number of nitrogens with zero attached hydrogens (tertiary/aromatic N) is 1. The van der Waals surface area contributed by atoms with Crippen molar-refractivity contribution in [1.82, 2.24) is 10.2 Å². The smallest absolute Gasteiger partial charge is 0.410 e. The second kappa shape index (κ2) is 9.45. The predicted octanol–water partition coefficient (Wildman–Crippen LogP) is 5.54. The molecule has 156 valence electrons. The number of amides is 1. The standard InChI is InChI=1S/C25H34N2O2/c1-25(2,3)29-24(28)27(4)22-17-15-21(16-18-22)26-23(19-11-7-5-8-12-19)20-13-9-6-10-14-20/h5-14,21-23,26H,15-18H2,1-4H3. The van der Waals surface area contributed by atoms with Gasteiger partial charge in [-0.2, -0.15) is 0 Å². The number of hydrogen-bond donors (Lipinski definition) is 1. The lowest BCUT2D eigenvalue weighted by atomic mass is 9.88. The highest BCUT2D eigenvalue weighted by Crippen LogP contribution is 2.28. The first-order chi connectivity index (χ1) is 13.8. The Bertz CT molecular complexity index is 723. The van der Waals surface area contributed by atoms with E-state index in [9.17, 15) is 4.79 Å². The summed E-state index contributed by atoms with van der Waals surface area (Å²) in [7, 11) is 1.86. The molecule has 29 heavy (non-hydrogen) atoms. The van der Waals surface area contributed by atoms with E-state index in [4.69, 9.17) is 4.74 Å². The summed E-state index contributed by atoms with van der Waals surface area (Å²) in [5.41, 5.74) is 2.11. The second-order valence-electron chi connectivity index (χ2n) is 9.02. The van der Waals surface area contributed by atoms with E-state index in [-0.39, 0.29) is 18.2 Å². The minimum absolute atomic E-state index is 0.183. The molecule has 0 aromatic heterocycles. The van der Waals surface area contributed by atoms with Crippen molar-refractivity contribution in [3.8, 4) is 0 Å². The maximum Gasteiger partial charge on any atom is 0.410 e. The molecule has 0 radical (unpaired) electrons. The largest absolute Gasteiger partial charge is 0.444 e. The summed E-state index contributed by atoms with van der Waals surface area (Å²) >= 11 is 0. The molecule has 0 heterocycles. The zero-order valence-electron chi connectivity index (χ0n) is 18.1. The molecule has 1 aliphatic rings. The molecule has 1 saturated carbocycles. The molecule has 4 nitrogen and oxygen atoms in total. The maximum atomic E-state index is 12.4. The fourth-order valence-corrected chi connectivity index (χ4v) is 4.02. The zero-order chi connectivity index (χ0) is 20.9.